The van der Waals surface area contributed by atoms with Crippen LogP contribution in [0.25, 0.3) is 0 Å². The zero-order valence-electron chi connectivity index (χ0n) is 11.4. The lowest BCUT2D eigenvalue weighted by Gasteiger charge is -2.13. The average Bonchev–Trinajstić information content (AvgIpc) is 2.30. The van der Waals surface area contributed by atoms with Crippen molar-refractivity contribution in [1.29, 1.82) is 0 Å². The molecule has 0 saturated carbocycles. The highest BCUT2D eigenvalue weighted by Gasteiger charge is 2.16. The lowest BCUT2D eigenvalue weighted by molar-refractivity contribution is -0.143. The van der Waals surface area contributed by atoms with Crippen LogP contribution in [0.4, 0.5) is 0 Å². The van der Waals surface area contributed by atoms with Crippen LogP contribution in [-0.2, 0) is 19.7 Å². The van der Waals surface area contributed by atoms with E-state index in [1.807, 2.05) is 13.8 Å². The molecular weight excluding hydrogens is 286 g/mol. The SMILES string of the molecule is Cc1cc(S(=O)(=O)NOCC(=O)O)ccc1OC(C)C. The minimum atomic E-state index is -3.91. The van der Waals surface area contributed by atoms with Gasteiger partial charge in [0.15, 0.2) is 6.61 Å². The number of nitrogens with one attached hydrogen (secondary N) is 1. The van der Waals surface area contributed by atoms with Gasteiger partial charge >= 0.3 is 5.97 Å². The molecule has 7 nitrogen and oxygen atoms in total. The lowest BCUT2D eigenvalue weighted by Crippen LogP contribution is -2.27. The summed E-state index contributed by atoms with van der Waals surface area (Å²) >= 11 is 0. The van der Waals surface area contributed by atoms with Crippen molar-refractivity contribution < 1.29 is 27.9 Å². The molecule has 0 unspecified atom stereocenters. The van der Waals surface area contributed by atoms with Gasteiger partial charge in [0.05, 0.1) is 11.0 Å². The van der Waals surface area contributed by atoms with Crippen molar-refractivity contribution in [3.05, 3.63) is 23.8 Å². The van der Waals surface area contributed by atoms with Crippen LogP contribution in [0.5, 0.6) is 5.75 Å². The molecule has 0 radical (unpaired) electrons. The van der Waals surface area contributed by atoms with Crippen molar-refractivity contribution in [2.45, 2.75) is 31.8 Å². The summed E-state index contributed by atoms with van der Waals surface area (Å²) in [7, 11) is -3.91. The minimum absolute atomic E-state index is 0.0202. The van der Waals surface area contributed by atoms with Gasteiger partial charge in [-0.05, 0) is 44.5 Å². The Hall–Kier alpha value is -1.64. The minimum Gasteiger partial charge on any atom is -0.491 e. The fraction of sp³-hybridized carbons (Fsp3) is 0.417. The number of carboxylic acid groups (broad SMARTS) is 1. The van der Waals surface area contributed by atoms with E-state index >= 15 is 0 Å². The first-order chi connectivity index (χ1) is 9.22. The number of rotatable bonds is 7. The Bertz CT molecular complexity index is 582. The smallest absolute Gasteiger partial charge is 0.331 e. The second-order valence-corrected chi connectivity index (χ2v) is 6.01. The van der Waals surface area contributed by atoms with E-state index in [-0.39, 0.29) is 11.0 Å². The zero-order valence-corrected chi connectivity index (χ0v) is 12.2. The number of hydrogen-bond donors (Lipinski definition) is 2. The van der Waals surface area contributed by atoms with E-state index in [0.29, 0.717) is 11.3 Å². The van der Waals surface area contributed by atoms with Crippen LogP contribution >= 0.6 is 0 Å². The number of carboxylic acids is 1. The second-order valence-electron chi connectivity index (χ2n) is 4.36. The number of benzene rings is 1. The van der Waals surface area contributed by atoms with Crippen molar-refractivity contribution in [3.8, 4) is 5.75 Å². The number of ether oxygens (including phenoxy) is 1. The predicted octanol–water partition coefficient (Wildman–Crippen LogP) is 1.08. The summed E-state index contributed by atoms with van der Waals surface area (Å²) in [5.41, 5.74) is 0.653. The van der Waals surface area contributed by atoms with E-state index < -0.39 is 22.6 Å². The fourth-order valence-electron chi connectivity index (χ4n) is 1.39. The molecule has 2 N–H and O–H groups in total. The maximum Gasteiger partial charge on any atom is 0.331 e. The zero-order chi connectivity index (χ0) is 15.3. The van der Waals surface area contributed by atoms with Crippen LogP contribution in [0.1, 0.15) is 19.4 Å². The molecule has 20 heavy (non-hydrogen) atoms. The third-order valence-electron chi connectivity index (χ3n) is 2.18. The molecule has 0 saturated heterocycles. The third kappa shape index (κ3) is 4.80. The van der Waals surface area contributed by atoms with Gasteiger partial charge in [-0.1, -0.05) is 4.89 Å². The normalized spacial score (nSPS) is 11.6. The molecular formula is C12H17NO6S. The fourth-order valence-corrected chi connectivity index (χ4v) is 2.28. The van der Waals surface area contributed by atoms with E-state index in [4.69, 9.17) is 9.84 Å². The Morgan fingerprint density at radius 3 is 2.55 bits per heavy atom. The van der Waals surface area contributed by atoms with Gasteiger partial charge in [-0.3, -0.25) is 4.84 Å². The first-order valence-corrected chi connectivity index (χ1v) is 7.33. The monoisotopic (exact) mass is 303 g/mol. The molecule has 0 aliphatic carbocycles. The van der Waals surface area contributed by atoms with Crippen LogP contribution in [0.15, 0.2) is 23.1 Å². The Morgan fingerprint density at radius 2 is 2.05 bits per heavy atom. The molecule has 0 bridgehead atoms. The Labute approximate surface area is 117 Å². The molecule has 8 heteroatoms. The van der Waals surface area contributed by atoms with Gasteiger partial charge in [-0.2, -0.15) is 0 Å². The summed E-state index contributed by atoms with van der Waals surface area (Å²) in [4.78, 5) is 16.3. The molecule has 0 atom stereocenters. The highest BCUT2D eigenvalue weighted by Crippen LogP contribution is 2.22. The molecule has 0 heterocycles. The maximum absolute atomic E-state index is 11.8. The number of aliphatic carboxylic acids is 1. The van der Waals surface area contributed by atoms with Crippen molar-refractivity contribution >= 4 is 16.0 Å². The summed E-state index contributed by atoms with van der Waals surface area (Å²) in [5, 5.41) is 8.37. The van der Waals surface area contributed by atoms with Crippen molar-refractivity contribution in [2.24, 2.45) is 0 Å². The van der Waals surface area contributed by atoms with E-state index in [2.05, 4.69) is 4.84 Å². The molecule has 1 aromatic rings. The van der Waals surface area contributed by atoms with Gasteiger partial charge in [0.2, 0.25) is 0 Å². The molecule has 1 aromatic carbocycles. The molecule has 0 aromatic heterocycles. The van der Waals surface area contributed by atoms with Crippen molar-refractivity contribution in [3.63, 3.8) is 0 Å². The molecule has 0 spiro atoms. The van der Waals surface area contributed by atoms with Crippen molar-refractivity contribution in [2.75, 3.05) is 6.61 Å². The Balaban J connectivity index is 2.85. The Kier molecular flexibility index (Phi) is 5.49. The number of hydrogen-bond acceptors (Lipinski definition) is 5. The van der Waals surface area contributed by atoms with Crippen LogP contribution in [0.3, 0.4) is 0 Å². The van der Waals surface area contributed by atoms with E-state index in [9.17, 15) is 13.2 Å². The summed E-state index contributed by atoms with van der Waals surface area (Å²) in [6.07, 6.45) is -0.0202. The Morgan fingerprint density at radius 1 is 1.40 bits per heavy atom. The van der Waals surface area contributed by atoms with E-state index in [1.54, 1.807) is 17.9 Å². The van der Waals surface area contributed by atoms with Gasteiger partial charge in [-0.25, -0.2) is 13.2 Å². The standard InChI is InChI=1S/C12H17NO6S/c1-8(2)19-11-5-4-10(6-9(11)3)20(16,17)13-18-7-12(14)15/h4-6,8,13H,7H2,1-3H3,(H,14,15). The number of sulfonamides is 1. The van der Waals surface area contributed by atoms with Gasteiger partial charge in [0.25, 0.3) is 10.0 Å². The van der Waals surface area contributed by atoms with Crippen LogP contribution in [0.2, 0.25) is 0 Å². The maximum atomic E-state index is 11.8. The quantitative estimate of drug-likeness (QED) is 0.731. The molecule has 1 rings (SSSR count). The largest absolute Gasteiger partial charge is 0.491 e. The van der Waals surface area contributed by atoms with Crippen LogP contribution in [-0.4, -0.2) is 32.2 Å². The van der Waals surface area contributed by atoms with Gasteiger partial charge in [0, 0.05) is 0 Å². The lowest BCUT2D eigenvalue weighted by atomic mass is 10.2. The van der Waals surface area contributed by atoms with Gasteiger partial charge in [0.1, 0.15) is 5.75 Å². The summed E-state index contributed by atoms with van der Waals surface area (Å²) in [6, 6.07) is 4.32. The third-order valence-corrected chi connectivity index (χ3v) is 3.40. The highest BCUT2D eigenvalue weighted by molar-refractivity contribution is 7.89. The summed E-state index contributed by atoms with van der Waals surface area (Å²) in [6.45, 7) is 4.69. The van der Waals surface area contributed by atoms with E-state index in [1.165, 1.54) is 12.1 Å². The van der Waals surface area contributed by atoms with E-state index in [0.717, 1.165) is 0 Å². The topological polar surface area (TPSA) is 102 Å². The molecule has 0 amide bonds. The summed E-state index contributed by atoms with van der Waals surface area (Å²) < 4.78 is 29.2. The molecule has 0 fully saturated rings. The number of aryl methyl sites for hydroxylation is 1. The molecule has 0 aliphatic rings. The number of carbonyl (C=O) groups is 1. The average molecular weight is 303 g/mol. The van der Waals surface area contributed by atoms with Crippen molar-refractivity contribution in [1.82, 2.24) is 4.89 Å². The second kappa shape index (κ2) is 6.69. The van der Waals surface area contributed by atoms with Gasteiger partial charge in [-0.15, -0.1) is 0 Å². The first-order valence-electron chi connectivity index (χ1n) is 5.85. The highest BCUT2D eigenvalue weighted by atomic mass is 32.2. The predicted molar refractivity (Wildman–Crippen MR) is 70.9 cm³/mol. The summed E-state index contributed by atoms with van der Waals surface area (Å²) in [5.74, 6) is -0.685. The first kappa shape index (κ1) is 16.4. The molecule has 0 aliphatic heterocycles. The molecule has 112 valence electrons. The van der Waals surface area contributed by atoms with Gasteiger partial charge < -0.3 is 9.84 Å². The van der Waals surface area contributed by atoms with Crippen LogP contribution in [0, 0.1) is 6.92 Å². The van der Waals surface area contributed by atoms with Crippen LogP contribution < -0.4 is 9.62 Å².